The highest BCUT2D eigenvalue weighted by molar-refractivity contribution is 7.91. The minimum atomic E-state index is -3.91. The second kappa shape index (κ2) is 14.8. The maximum Gasteiger partial charge on any atom is 0.408 e. The van der Waals surface area contributed by atoms with Crippen molar-refractivity contribution in [1.82, 2.24) is 30.0 Å². The molecule has 6 aliphatic rings. The molecule has 4 aliphatic carbocycles. The molecular weight excluding hydrogens is 741 g/mol. The molecule has 1 unspecified atom stereocenters. The third kappa shape index (κ3) is 7.64. The van der Waals surface area contributed by atoms with E-state index in [0.717, 1.165) is 19.3 Å². The number of rotatable bonds is 8. The Bertz CT molecular complexity index is 2130. The van der Waals surface area contributed by atoms with Gasteiger partial charge in [-0.25, -0.2) is 17.9 Å². The van der Waals surface area contributed by atoms with Crippen LogP contribution in [-0.4, -0.2) is 88.5 Å². The van der Waals surface area contributed by atoms with Gasteiger partial charge in [-0.1, -0.05) is 38.1 Å². The monoisotopic (exact) mass is 798 g/mol. The molecule has 4 saturated carbocycles. The van der Waals surface area contributed by atoms with Gasteiger partial charge in [-0.3, -0.25) is 23.9 Å². The quantitative estimate of drug-likeness (QED) is 0.330. The molecule has 1 saturated heterocycles. The Morgan fingerprint density at radius 3 is 2.45 bits per heavy atom. The van der Waals surface area contributed by atoms with Crippen LogP contribution < -0.4 is 25.7 Å². The highest BCUT2D eigenvalue weighted by Gasteiger charge is 2.62. The first-order valence-corrected chi connectivity index (χ1v) is 21.8. The molecule has 0 bridgehead atoms. The molecule has 1 aromatic heterocycles. The molecule has 3 heterocycles. The van der Waals surface area contributed by atoms with Crippen LogP contribution in [0.15, 0.2) is 41.2 Å². The van der Waals surface area contributed by atoms with Crippen molar-refractivity contribution in [2.75, 3.05) is 6.54 Å². The number of fused-ring (bicyclic) bond motifs is 4. The fourth-order valence-electron chi connectivity index (χ4n) is 9.23. The van der Waals surface area contributed by atoms with Gasteiger partial charge in [0, 0.05) is 23.2 Å². The highest BCUT2D eigenvalue weighted by atomic mass is 32.2. The van der Waals surface area contributed by atoms with Gasteiger partial charge in [-0.15, -0.1) is 5.10 Å². The first-order valence-electron chi connectivity index (χ1n) is 20.2. The Labute approximate surface area is 330 Å². The van der Waals surface area contributed by atoms with Crippen LogP contribution in [0.25, 0.3) is 10.8 Å². The Morgan fingerprint density at radius 2 is 1.73 bits per heavy atom. The van der Waals surface area contributed by atoms with E-state index < -0.39 is 68.7 Å². The summed E-state index contributed by atoms with van der Waals surface area (Å²) >= 11 is 0. The molecule has 308 valence electrons. The van der Waals surface area contributed by atoms with Gasteiger partial charge in [-0.05, 0) is 101 Å². The zero-order valence-electron chi connectivity index (χ0n) is 32.1. The van der Waals surface area contributed by atoms with Crippen LogP contribution in [0.5, 0.6) is 5.88 Å². The number of amides is 4. The van der Waals surface area contributed by atoms with Gasteiger partial charge in [0.25, 0.3) is 11.5 Å². The molecule has 10 atom stereocenters. The van der Waals surface area contributed by atoms with Crippen molar-refractivity contribution < 1.29 is 41.3 Å². The van der Waals surface area contributed by atoms with E-state index in [1.807, 2.05) is 19.1 Å². The van der Waals surface area contributed by atoms with Crippen LogP contribution in [0.4, 0.5) is 4.79 Å². The third-order valence-corrected chi connectivity index (χ3v) is 14.6. The van der Waals surface area contributed by atoms with Crippen molar-refractivity contribution >= 4 is 44.6 Å². The van der Waals surface area contributed by atoms with Crippen LogP contribution in [-0.2, 0) is 35.7 Å². The van der Waals surface area contributed by atoms with E-state index in [1.54, 1.807) is 31.2 Å². The van der Waals surface area contributed by atoms with Crippen molar-refractivity contribution in [2.24, 2.45) is 29.6 Å². The smallest absolute Gasteiger partial charge is 0.408 e. The molecule has 2 aromatic rings. The molecule has 56 heavy (non-hydrogen) atoms. The first kappa shape index (κ1) is 38.4. The lowest BCUT2D eigenvalue weighted by Gasteiger charge is -2.33. The Balaban J connectivity index is 0.00000220. The number of sulfonamides is 1. The van der Waals surface area contributed by atoms with Crippen LogP contribution >= 0.6 is 0 Å². The number of carbonyl (C=O) groups excluding carboxylic acids is 4. The number of aryl methyl sites for hydroxylation is 1. The second-order valence-electron chi connectivity index (χ2n) is 17.1. The third-order valence-electron chi connectivity index (χ3n) is 12.8. The average Bonchev–Trinajstić information content (AvgIpc) is 4.12. The van der Waals surface area contributed by atoms with E-state index >= 15 is 0 Å². The number of nitrogens with zero attached hydrogens (tertiary/aromatic N) is 3. The van der Waals surface area contributed by atoms with E-state index in [2.05, 4.69) is 27.4 Å². The largest absolute Gasteiger partial charge is 0.471 e. The number of benzene rings is 1. The maximum absolute atomic E-state index is 14.9. The summed E-state index contributed by atoms with van der Waals surface area (Å²) in [5.74, 6) is -1.20. The number of allylic oxidation sites excluding steroid dienone is 1. The van der Waals surface area contributed by atoms with Gasteiger partial charge < -0.3 is 25.0 Å². The standard InChI is InChI=1S/C40H52N6O9S.3H2/c1-4-46-36(48)31-12-8-7-11-30(31)35(43-46)54-28-19-32-34(47)42-40(38(50)44-56(52,53)29-13-14-29)20-26(40)10-6-5-9-22(2)15-23(3)33(37(49)45(32)21-28)41-39(51)55-27-17-24-16-25(24)18-27;;;/h6-8,10-12,22-29,32-33H,4-5,9,13-21H2,1-3H3,(H,41,51)(H,42,47)(H,44,50);3*1H/b10-6-;;;/t22-,23-,24-,25+,26-,27?,28-,32+,33+,40-;;;/m1.../s1. The van der Waals surface area contributed by atoms with Crippen molar-refractivity contribution in [3.63, 3.8) is 0 Å². The molecule has 1 aromatic carbocycles. The van der Waals surface area contributed by atoms with Gasteiger partial charge in [-0.2, -0.15) is 0 Å². The number of nitrogens with one attached hydrogen (secondary N) is 3. The zero-order chi connectivity index (χ0) is 39.5. The fourth-order valence-corrected chi connectivity index (χ4v) is 10.6. The predicted octanol–water partition coefficient (Wildman–Crippen LogP) is 3.89. The summed E-state index contributed by atoms with van der Waals surface area (Å²) in [4.78, 5) is 71.1. The number of ether oxygens (including phenoxy) is 2. The van der Waals surface area contributed by atoms with Crippen LogP contribution in [0.3, 0.4) is 0 Å². The molecule has 8 rings (SSSR count). The molecule has 2 aliphatic heterocycles. The molecule has 0 radical (unpaired) electrons. The van der Waals surface area contributed by atoms with E-state index in [0.29, 0.717) is 54.8 Å². The van der Waals surface area contributed by atoms with Crippen LogP contribution in [0.2, 0.25) is 0 Å². The molecular formula is C40H58N6O9S. The summed E-state index contributed by atoms with van der Waals surface area (Å²) in [6.45, 7) is 6.03. The Morgan fingerprint density at radius 1 is 1.00 bits per heavy atom. The number of aromatic nitrogens is 2. The van der Waals surface area contributed by atoms with Crippen molar-refractivity contribution in [3.8, 4) is 5.88 Å². The molecule has 3 N–H and O–H groups in total. The topological polar surface area (TPSA) is 195 Å². The molecule has 16 heteroatoms. The summed E-state index contributed by atoms with van der Waals surface area (Å²) in [6.07, 6.45) is 8.17. The summed E-state index contributed by atoms with van der Waals surface area (Å²) in [6, 6.07) is 4.75. The van der Waals surface area contributed by atoms with Crippen LogP contribution in [0, 0.1) is 29.6 Å². The zero-order valence-corrected chi connectivity index (χ0v) is 33.0. The lowest BCUT2D eigenvalue weighted by molar-refractivity contribution is -0.142. The van der Waals surface area contributed by atoms with Gasteiger partial charge in [0.05, 0.1) is 22.6 Å². The van der Waals surface area contributed by atoms with Gasteiger partial charge in [0.1, 0.15) is 29.8 Å². The van der Waals surface area contributed by atoms with Crippen molar-refractivity contribution in [1.29, 1.82) is 0 Å². The first-order chi connectivity index (χ1) is 26.8. The van der Waals surface area contributed by atoms with Crippen molar-refractivity contribution in [2.45, 2.75) is 127 Å². The Kier molecular flexibility index (Phi) is 10.1. The van der Waals surface area contributed by atoms with E-state index in [1.165, 1.54) is 16.0 Å². The minimum absolute atomic E-state index is 0. The van der Waals surface area contributed by atoms with Gasteiger partial charge in [0.2, 0.25) is 27.7 Å². The van der Waals surface area contributed by atoms with Crippen LogP contribution in [0.1, 0.15) is 89.3 Å². The van der Waals surface area contributed by atoms with Gasteiger partial charge >= 0.3 is 6.09 Å². The average molecular weight is 799 g/mol. The minimum Gasteiger partial charge on any atom is -0.471 e. The van der Waals surface area contributed by atoms with E-state index in [9.17, 15) is 32.4 Å². The summed E-state index contributed by atoms with van der Waals surface area (Å²) < 4.78 is 41.6. The highest BCUT2D eigenvalue weighted by Crippen LogP contribution is 2.52. The summed E-state index contributed by atoms with van der Waals surface area (Å²) in [7, 11) is -3.91. The molecule has 15 nitrogen and oxygen atoms in total. The molecule has 0 spiro atoms. The SMILES string of the molecule is CCn1nc(O[C@@H]2C[C@H]3C(=O)N[C@]4(C(=O)NS(=O)(=O)C5CC5)C[C@H]4/C=C\CC[C@@H](C)C[C@@H](C)[C@H](NC(=O)OC4C[C@@H]5C[C@@H]5C4)C(=O)N3C2)c2ccccc2c1=O.[HH].[HH].[HH]. The number of alkyl carbamates (subject to hydrolysis) is 1. The number of carbonyl (C=O) groups is 4. The molecule has 5 fully saturated rings. The number of hydrogen-bond acceptors (Lipinski definition) is 10. The van der Waals surface area contributed by atoms with Gasteiger partial charge in [0.15, 0.2) is 0 Å². The maximum atomic E-state index is 14.9. The molecule has 4 amide bonds. The normalized spacial score (nSPS) is 34.8. The number of hydrogen-bond donors (Lipinski definition) is 3. The van der Waals surface area contributed by atoms with E-state index in [-0.39, 0.29) is 53.0 Å². The second-order valence-corrected chi connectivity index (χ2v) is 19.1. The van der Waals surface area contributed by atoms with E-state index in [4.69, 9.17) is 9.47 Å². The van der Waals surface area contributed by atoms with Crippen molar-refractivity contribution in [3.05, 3.63) is 46.8 Å². The summed E-state index contributed by atoms with van der Waals surface area (Å²) in [5.41, 5.74) is -1.80. The predicted molar refractivity (Wildman–Crippen MR) is 211 cm³/mol. The summed E-state index contributed by atoms with van der Waals surface area (Å²) in [5, 5.41) is 10.5. The lowest BCUT2D eigenvalue weighted by Crippen LogP contribution is -2.59. The Hall–Kier alpha value is -4.47. The lowest BCUT2D eigenvalue weighted by atomic mass is 9.88. The fraction of sp³-hybridized carbons (Fsp3) is 0.650.